The smallest absolute Gasteiger partial charge is 0.0217 e. The molecule has 0 bridgehead atoms. The molecule has 1 aliphatic heterocycles. The van der Waals surface area contributed by atoms with Gasteiger partial charge in [-0.1, -0.05) is 33.6 Å². The third-order valence-corrected chi connectivity index (χ3v) is 4.85. The van der Waals surface area contributed by atoms with E-state index in [0.29, 0.717) is 6.04 Å². The fraction of sp³-hybridized carbons (Fsp3) is 1.00. The van der Waals surface area contributed by atoms with Crippen LogP contribution >= 0.6 is 0 Å². The van der Waals surface area contributed by atoms with Crippen LogP contribution in [0.2, 0.25) is 0 Å². The van der Waals surface area contributed by atoms with Crippen molar-refractivity contribution in [3.05, 3.63) is 0 Å². The quantitative estimate of drug-likeness (QED) is 0.813. The molecule has 2 fully saturated rings. The summed E-state index contributed by atoms with van der Waals surface area (Å²) in [6.45, 7) is 12.3. The van der Waals surface area contributed by atoms with Gasteiger partial charge in [0, 0.05) is 19.1 Å². The average Bonchev–Trinajstić information content (AvgIpc) is 2.55. The molecule has 2 heteroatoms. The Bertz CT molecular complexity index is 227. The van der Waals surface area contributed by atoms with Gasteiger partial charge in [-0.3, -0.25) is 0 Å². The van der Waals surface area contributed by atoms with Crippen LogP contribution in [-0.2, 0) is 0 Å². The van der Waals surface area contributed by atoms with Crippen LogP contribution in [0.3, 0.4) is 0 Å². The SMILES string of the molecule is CC(C)C1CN(CC2CCCC2C)CCCN1. The summed E-state index contributed by atoms with van der Waals surface area (Å²) in [6.07, 6.45) is 5.72. The monoisotopic (exact) mass is 238 g/mol. The zero-order valence-corrected chi connectivity index (χ0v) is 11.9. The van der Waals surface area contributed by atoms with Crippen LogP contribution in [0.15, 0.2) is 0 Å². The summed E-state index contributed by atoms with van der Waals surface area (Å²) < 4.78 is 0. The van der Waals surface area contributed by atoms with Gasteiger partial charge < -0.3 is 10.2 Å². The van der Waals surface area contributed by atoms with E-state index in [9.17, 15) is 0 Å². The van der Waals surface area contributed by atoms with Crippen molar-refractivity contribution in [2.75, 3.05) is 26.2 Å². The lowest BCUT2D eigenvalue weighted by Crippen LogP contribution is -2.42. The summed E-state index contributed by atoms with van der Waals surface area (Å²) in [7, 11) is 0. The average molecular weight is 238 g/mol. The third-order valence-electron chi connectivity index (χ3n) is 4.85. The third kappa shape index (κ3) is 3.69. The summed E-state index contributed by atoms with van der Waals surface area (Å²) >= 11 is 0. The highest BCUT2D eigenvalue weighted by Gasteiger charge is 2.27. The van der Waals surface area contributed by atoms with Gasteiger partial charge in [-0.25, -0.2) is 0 Å². The molecule has 3 unspecified atom stereocenters. The molecule has 3 atom stereocenters. The van der Waals surface area contributed by atoms with E-state index in [4.69, 9.17) is 0 Å². The van der Waals surface area contributed by atoms with E-state index in [1.807, 2.05) is 0 Å². The first kappa shape index (κ1) is 13.4. The van der Waals surface area contributed by atoms with E-state index < -0.39 is 0 Å². The second kappa shape index (κ2) is 6.19. The predicted molar refractivity (Wildman–Crippen MR) is 74.2 cm³/mol. The van der Waals surface area contributed by atoms with E-state index in [1.165, 1.54) is 51.9 Å². The van der Waals surface area contributed by atoms with Crippen molar-refractivity contribution in [2.24, 2.45) is 17.8 Å². The van der Waals surface area contributed by atoms with Crippen molar-refractivity contribution in [3.8, 4) is 0 Å². The Kier molecular flexibility index (Phi) is 4.87. The van der Waals surface area contributed by atoms with Gasteiger partial charge in [0.25, 0.3) is 0 Å². The number of nitrogens with zero attached hydrogens (tertiary/aromatic N) is 1. The molecule has 2 rings (SSSR count). The van der Waals surface area contributed by atoms with Crippen molar-refractivity contribution in [1.82, 2.24) is 10.2 Å². The van der Waals surface area contributed by atoms with E-state index in [0.717, 1.165) is 17.8 Å². The fourth-order valence-electron chi connectivity index (χ4n) is 3.46. The highest BCUT2D eigenvalue weighted by atomic mass is 15.2. The van der Waals surface area contributed by atoms with Gasteiger partial charge in [0.2, 0.25) is 0 Å². The Balaban J connectivity index is 1.86. The van der Waals surface area contributed by atoms with Crippen LogP contribution in [-0.4, -0.2) is 37.1 Å². The maximum atomic E-state index is 3.71. The Morgan fingerprint density at radius 2 is 2.06 bits per heavy atom. The van der Waals surface area contributed by atoms with Gasteiger partial charge in [-0.15, -0.1) is 0 Å². The first-order valence-corrected chi connectivity index (χ1v) is 7.62. The van der Waals surface area contributed by atoms with Crippen molar-refractivity contribution in [3.63, 3.8) is 0 Å². The second-order valence-corrected chi connectivity index (χ2v) is 6.59. The lowest BCUT2D eigenvalue weighted by atomic mass is 9.97. The molecule has 1 aliphatic carbocycles. The van der Waals surface area contributed by atoms with Crippen LogP contribution in [0.5, 0.6) is 0 Å². The first-order chi connectivity index (χ1) is 8.16. The minimum atomic E-state index is 0.703. The summed E-state index contributed by atoms with van der Waals surface area (Å²) in [5.41, 5.74) is 0. The topological polar surface area (TPSA) is 15.3 Å². The van der Waals surface area contributed by atoms with Crippen LogP contribution in [0.25, 0.3) is 0 Å². The van der Waals surface area contributed by atoms with E-state index in [2.05, 4.69) is 31.0 Å². The van der Waals surface area contributed by atoms with Gasteiger partial charge >= 0.3 is 0 Å². The van der Waals surface area contributed by atoms with Crippen molar-refractivity contribution in [1.29, 1.82) is 0 Å². The fourth-order valence-corrected chi connectivity index (χ4v) is 3.46. The maximum absolute atomic E-state index is 3.71. The Morgan fingerprint density at radius 3 is 2.71 bits per heavy atom. The lowest BCUT2D eigenvalue weighted by Gasteiger charge is -2.30. The minimum absolute atomic E-state index is 0.703. The number of hydrogen-bond donors (Lipinski definition) is 1. The standard InChI is InChI=1S/C15H30N2/c1-12(2)15-11-17(9-5-8-16-15)10-14-7-4-6-13(14)3/h12-16H,4-11H2,1-3H3. The lowest BCUT2D eigenvalue weighted by molar-refractivity contribution is 0.195. The van der Waals surface area contributed by atoms with Crippen molar-refractivity contribution < 1.29 is 0 Å². The molecule has 0 radical (unpaired) electrons. The molecule has 1 N–H and O–H groups in total. The van der Waals surface area contributed by atoms with E-state index in [-0.39, 0.29) is 0 Å². The molecule has 2 aliphatic rings. The Labute approximate surface area is 107 Å². The molecule has 1 heterocycles. The molecule has 1 saturated heterocycles. The summed E-state index contributed by atoms with van der Waals surface area (Å²) in [4.78, 5) is 2.73. The minimum Gasteiger partial charge on any atom is -0.312 e. The van der Waals surface area contributed by atoms with Crippen molar-refractivity contribution in [2.45, 2.75) is 52.5 Å². The normalized spacial score (nSPS) is 36.4. The van der Waals surface area contributed by atoms with Crippen molar-refractivity contribution >= 4 is 0 Å². The molecule has 100 valence electrons. The summed E-state index contributed by atoms with van der Waals surface area (Å²) in [6, 6.07) is 0.703. The number of rotatable bonds is 3. The van der Waals surface area contributed by atoms with Gasteiger partial charge in [0.1, 0.15) is 0 Å². The summed E-state index contributed by atoms with van der Waals surface area (Å²) in [5.74, 6) is 2.70. The van der Waals surface area contributed by atoms with Crippen LogP contribution in [0.4, 0.5) is 0 Å². The molecular weight excluding hydrogens is 208 g/mol. The molecule has 0 spiro atoms. The highest BCUT2D eigenvalue weighted by Crippen LogP contribution is 2.32. The maximum Gasteiger partial charge on any atom is 0.0217 e. The van der Waals surface area contributed by atoms with Crippen LogP contribution in [0, 0.1) is 17.8 Å². The predicted octanol–water partition coefficient (Wildman–Crippen LogP) is 2.74. The van der Waals surface area contributed by atoms with Crippen LogP contribution < -0.4 is 5.32 Å². The zero-order chi connectivity index (χ0) is 12.3. The molecule has 2 nitrogen and oxygen atoms in total. The van der Waals surface area contributed by atoms with Gasteiger partial charge in [0.05, 0.1) is 0 Å². The van der Waals surface area contributed by atoms with Gasteiger partial charge in [-0.2, -0.15) is 0 Å². The highest BCUT2D eigenvalue weighted by molar-refractivity contribution is 4.83. The molecule has 0 aromatic rings. The Hall–Kier alpha value is -0.0800. The van der Waals surface area contributed by atoms with Gasteiger partial charge in [-0.05, 0) is 43.7 Å². The largest absolute Gasteiger partial charge is 0.312 e. The second-order valence-electron chi connectivity index (χ2n) is 6.59. The van der Waals surface area contributed by atoms with E-state index >= 15 is 0 Å². The van der Waals surface area contributed by atoms with E-state index in [1.54, 1.807) is 0 Å². The van der Waals surface area contributed by atoms with Gasteiger partial charge in [0.15, 0.2) is 0 Å². The molecule has 0 aromatic carbocycles. The first-order valence-electron chi connectivity index (χ1n) is 7.62. The zero-order valence-electron chi connectivity index (χ0n) is 11.9. The Morgan fingerprint density at radius 1 is 1.24 bits per heavy atom. The molecule has 17 heavy (non-hydrogen) atoms. The molecule has 0 amide bonds. The number of hydrogen-bond acceptors (Lipinski definition) is 2. The summed E-state index contributed by atoms with van der Waals surface area (Å²) in [5, 5.41) is 3.71. The van der Waals surface area contributed by atoms with Crippen LogP contribution in [0.1, 0.15) is 46.5 Å². The number of nitrogens with one attached hydrogen (secondary N) is 1. The molecule has 0 aromatic heterocycles. The molecular formula is C15H30N2. The molecule has 1 saturated carbocycles.